The molecule has 0 saturated heterocycles. The van der Waals surface area contributed by atoms with Gasteiger partial charge in [0.2, 0.25) is 5.16 Å². The Labute approximate surface area is 151 Å². The topological polar surface area (TPSA) is 56.5 Å². The molecule has 4 aromatic rings. The molecule has 8 heteroatoms. The van der Waals surface area contributed by atoms with Gasteiger partial charge in [0.05, 0.1) is 0 Å². The van der Waals surface area contributed by atoms with Gasteiger partial charge < -0.3 is 0 Å². The third-order valence-corrected chi connectivity index (χ3v) is 5.23. The number of benzene rings is 2. The summed E-state index contributed by atoms with van der Waals surface area (Å²) in [7, 11) is 0. The SMILES string of the molecule is Cc1nsc(Sc2nnc(-c3ccccc3)n2-c2ccc(F)cc2)n1. The second-order valence-electron chi connectivity index (χ2n) is 5.19. The van der Waals surface area contributed by atoms with Gasteiger partial charge in [0.1, 0.15) is 11.6 Å². The van der Waals surface area contributed by atoms with Crippen molar-refractivity contribution in [2.24, 2.45) is 0 Å². The number of aromatic nitrogens is 5. The molecule has 0 atom stereocenters. The first-order valence-corrected chi connectivity index (χ1v) is 9.04. The Morgan fingerprint density at radius 3 is 2.44 bits per heavy atom. The summed E-state index contributed by atoms with van der Waals surface area (Å²) in [5.41, 5.74) is 1.72. The van der Waals surface area contributed by atoms with E-state index in [9.17, 15) is 4.39 Å². The van der Waals surface area contributed by atoms with Crippen LogP contribution in [0.5, 0.6) is 0 Å². The van der Waals surface area contributed by atoms with E-state index in [0.29, 0.717) is 11.0 Å². The summed E-state index contributed by atoms with van der Waals surface area (Å²) >= 11 is 2.71. The van der Waals surface area contributed by atoms with Crippen LogP contribution in [0.25, 0.3) is 17.1 Å². The predicted octanol–water partition coefficient (Wildman–Crippen LogP) is 4.38. The van der Waals surface area contributed by atoms with Crippen molar-refractivity contribution in [3.8, 4) is 17.1 Å². The third-order valence-electron chi connectivity index (χ3n) is 3.44. The molecule has 0 aliphatic rings. The minimum absolute atomic E-state index is 0.285. The van der Waals surface area contributed by atoms with Crippen molar-refractivity contribution >= 4 is 23.3 Å². The molecule has 124 valence electrons. The highest BCUT2D eigenvalue weighted by atomic mass is 32.2. The maximum atomic E-state index is 13.3. The first kappa shape index (κ1) is 15.9. The molecule has 0 saturated carbocycles. The fourth-order valence-corrected chi connectivity index (χ4v) is 3.94. The number of hydrogen-bond acceptors (Lipinski definition) is 6. The molecule has 0 aliphatic carbocycles. The average molecular weight is 369 g/mol. The molecule has 25 heavy (non-hydrogen) atoms. The summed E-state index contributed by atoms with van der Waals surface area (Å²) < 4.78 is 20.2. The van der Waals surface area contributed by atoms with Crippen LogP contribution in [0.1, 0.15) is 5.82 Å². The Kier molecular flexibility index (Phi) is 4.29. The molecule has 0 N–H and O–H groups in total. The molecule has 2 aromatic carbocycles. The Hall–Kier alpha value is -2.58. The quantitative estimate of drug-likeness (QED) is 0.534. The Balaban J connectivity index is 1.84. The van der Waals surface area contributed by atoms with Crippen LogP contribution >= 0.6 is 23.3 Å². The van der Waals surface area contributed by atoms with Crippen molar-refractivity contribution in [1.82, 2.24) is 24.1 Å². The molecule has 2 aromatic heterocycles. The summed E-state index contributed by atoms with van der Waals surface area (Å²) in [5.74, 6) is 1.13. The van der Waals surface area contributed by atoms with Crippen LogP contribution in [0.4, 0.5) is 4.39 Å². The summed E-state index contributed by atoms with van der Waals surface area (Å²) in [6.07, 6.45) is 0. The van der Waals surface area contributed by atoms with Crippen molar-refractivity contribution in [2.75, 3.05) is 0 Å². The molecule has 2 heterocycles. The molecule has 0 amide bonds. The van der Waals surface area contributed by atoms with E-state index in [-0.39, 0.29) is 5.82 Å². The van der Waals surface area contributed by atoms with Crippen LogP contribution in [-0.4, -0.2) is 24.1 Å². The Bertz CT molecular complexity index is 996. The van der Waals surface area contributed by atoms with Crippen LogP contribution in [0.2, 0.25) is 0 Å². The van der Waals surface area contributed by atoms with Crippen molar-refractivity contribution in [1.29, 1.82) is 0 Å². The van der Waals surface area contributed by atoms with Crippen molar-refractivity contribution in [3.63, 3.8) is 0 Å². The highest BCUT2D eigenvalue weighted by Crippen LogP contribution is 2.32. The lowest BCUT2D eigenvalue weighted by Crippen LogP contribution is -1.99. The van der Waals surface area contributed by atoms with Crippen LogP contribution in [0, 0.1) is 12.7 Å². The van der Waals surface area contributed by atoms with Gasteiger partial charge in [-0.15, -0.1) is 10.2 Å². The highest BCUT2D eigenvalue weighted by molar-refractivity contribution is 8.00. The van der Waals surface area contributed by atoms with Gasteiger partial charge in [-0.05, 0) is 54.5 Å². The van der Waals surface area contributed by atoms with E-state index < -0.39 is 0 Å². The largest absolute Gasteiger partial charge is 0.270 e. The van der Waals surface area contributed by atoms with E-state index in [2.05, 4.69) is 19.6 Å². The maximum absolute atomic E-state index is 13.3. The zero-order valence-corrected chi connectivity index (χ0v) is 14.8. The first-order chi connectivity index (χ1) is 12.2. The molecule has 5 nitrogen and oxygen atoms in total. The zero-order valence-electron chi connectivity index (χ0n) is 13.1. The van der Waals surface area contributed by atoms with Crippen LogP contribution in [-0.2, 0) is 0 Å². The average Bonchev–Trinajstić information content (AvgIpc) is 3.23. The molecule has 0 spiro atoms. The number of rotatable bonds is 4. The summed E-state index contributed by atoms with van der Waals surface area (Å²) in [5, 5.41) is 9.31. The van der Waals surface area contributed by atoms with E-state index in [1.807, 2.05) is 41.8 Å². The normalized spacial score (nSPS) is 11.0. The van der Waals surface area contributed by atoms with Gasteiger partial charge in [0.25, 0.3) is 0 Å². The maximum Gasteiger partial charge on any atom is 0.203 e. The summed E-state index contributed by atoms with van der Waals surface area (Å²) in [4.78, 5) is 4.37. The van der Waals surface area contributed by atoms with E-state index in [4.69, 9.17) is 0 Å². The molecule has 0 unspecified atom stereocenters. The minimum atomic E-state index is -0.285. The van der Waals surface area contributed by atoms with Gasteiger partial charge in [0, 0.05) is 11.3 Å². The smallest absolute Gasteiger partial charge is 0.203 e. The van der Waals surface area contributed by atoms with E-state index in [1.165, 1.54) is 35.4 Å². The van der Waals surface area contributed by atoms with Crippen LogP contribution in [0.15, 0.2) is 64.1 Å². The van der Waals surface area contributed by atoms with Crippen molar-refractivity contribution < 1.29 is 4.39 Å². The number of hydrogen-bond donors (Lipinski definition) is 0. The zero-order chi connectivity index (χ0) is 17.2. The second-order valence-corrected chi connectivity index (χ2v) is 7.16. The van der Waals surface area contributed by atoms with Gasteiger partial charge in [-0.3, -0.25) is 4.57 Å². The van der Waals surface area contributed by atoms with Crippen LogP contribution < -0.4 is 0 Å². The lowest BCUT2D eigenvalue weighted by molar-refractivity contribution is 0.627. The lowest BCUT2D eigenvalue weighted by Gasteiger charge is -2.09. The first-order valence-electron chi connectivity index (χ1n) is 7.45. The standard InChI is InChI=1S/C17H12FN5S2/c1-11-19-17(25-22-11)24-16-21-20-15(12-5-3-2-4-6-12)23(16)14-9-7-13(18)8-10-14/h2-10H,1H3. The van der Waals surface area contributed by atoms with Gasteiger partial charge in [0.15, 0.2) is 10.2 Å². The molecule has 4 rings (SSSR count). The molecular weight excluding hydrogens is 357 g/mol. The Morgan fingerprint density at radius 1 is 1.00 bits per heavy atom. The molecular formula is C17H12FN5S2. The second kappa shape index (κ2) is 6.73. The van der Waals surface area contributed by atoms with Gasteiger partial charge in [-0.25, -0.2) is 9.37 Å². The predicted molar refractivity (Wildman–Crippen MR) is 95.5 cm³/mol. The highest BCUT2D eigenvalue weighted by Gasteiger charge is 2.18. The van der Waals surface area contributed by atoms with Gasteiger partial charge in [-0.2, -0.15) is 4.37 Å². The fraction of sp³-hybridized carbons (Fsp3) is 0.0588. The number of halogens is 1. The van der Waals surface area contributed by atoms with E-state index in [1.54, 1.807) is 12.1 Å². The summed E-state index contributed by atoms with van der Waals surface area (Å²) in [6.45, 7) is 1.85. The molecule has 0 radical (unpaired) electrons. The molecule has 0 fully saturated rings. The molecule has 0 aliphatic heterocycles. The third kappa shape index (κ3) is 3.31. The number of nitrogens with zero attached hydrogens (tertiary/aromatic N) is 5. The molecule has 0 bridgehead atoms. The van der Waals surface area contributed by atoms with Gasteiger partial charge in [-0.1, -0.05) is 30.3 Å². The Morgan fingerprint density at radius 2 is 1.76 bits per heavy atom. The summed E-state index contributed by atoms with van der Waals surface area (Å²) in [6, 6.07) is 16.0. The van der Waals surface area contributed by atoms with E-state index >= 15 is 0 Å². The number of aryl methyl sites for hydroxylation is 1. The minimum Gasteiger partial charge on any atom is -0.270 e. The van der Waals surface area contributed by atoms with Crippen molar-refractivity contribution in [2.45, 2.75) is 16.4 Å². The monoisotopic (exact) mass is 369 g/mol. The fourth-order valence-electron chi connectivity index (χ4n) is 2.33. The van der Waals surface area contributed by atoms with Crippen molar-refractivity contribution in [3.05, 3.63) is 66.2 Å². The van der Waals surface area contributed by atoms with E-state index in [0.717, 1.165) is 21.4 Å². The van der Waals surface area contributed by atoms with Gasteiger partial charge >= 0.3 is 0 Å². The van der Waals surface area contributed by atoms with Crippen LogP contribution in [0.3, 0.4) is 0 Å². The lowest BCUT2D eigenvalue weighted by atomic mass is 10.2.